The topological polar surface area (TPSA) is 87.5 Å². The van der Waals surface area contributed by atoms with E-state index in [0.717, 1.165) is 5.56 Å². The molecule has 0 aliphatic heterocycles. The molecule has 0 saturated heterocycles. The van der Waals surface area contributed by atoms with Crippen molar-refractivity contribution in [2.24, 2.45) is 0 Å². The fourth-order valence-electron chi connectivity index (χ4n) is 1.83. The lowest BCUT2D eigenvalue weighted by atomic mass is 9.89. The summed E-state index contributed by atoms with van der Waals surface area (Å²) < 4.78 is 1.29. The molecular formula is C12H15N3O3. The summed E-state index contributed by atoms with van der Waals surface area (Å²) in [5.74, 6) is -1.04. The predicted molar refractivity (Wildman–Crippen MR) is 65.9 cm³/mol. The third-order valence-corrected chi connectivity index (χ3v) is 2.76. The number of aromatic nitrogens is 3. The minimum atomic E-state index is -1.04. The van der Waals surface area contributed by atoms with E-state index in [-0.39, 0.29) is 23.0 Å². The molecule has 6 heteroatoms. The van der Waals surface area contributed by atoms with Crippen LogP contribution >= 0.6 is 0 Å². The van der Waals surface area contributed by atoms with Crippen molar-refractivity contribution in [1.29, 1.82) is 0 Å². The third kappa shape index (κ3) is 2.01. The van der Waals surface area contributed by atoms with Crippen LogP contribution in [0.15, 0.2) is 17.2 Å². The van der Waals surface area contributed by atoms with Gasteiger partial charge >= 0.3 is 5.97 Å². The van der Waals surface area contributed by atoms with E-state index in [1.807, 2.05) is 20.8 Å². The lowest BCUT2D eigenvalue weighted by Crippen LogP contribution is -2.22. The average Bonchev–Trinajstić information content (AvgIpc) is 2.65. The average molecular weight is 249 g/mol. The normalized spacial score (nSPS) is 11.9. The Bertz CT molecular complexity index is 661. The third-order valence-electron chi connectivity index (χ3n) is 2.76. The number of aromatic amines is 1. The monoisotopic (exact) mass is 249 g/mol. The van der Waals surface area contributed by atoms with Crippen molar-refractivity contribution in [3.63, 3.8) is 0 Å². The van der Waals surface area contributed by atoms with E-state index in [1.165, 1.54) is 10.7 Å². The smallest absolute Gasteiger partial charge is 0.308 e. The van der Waals surface area contributed by atoms with E-state index in [4.69, 9.17) is 5.11 Å². The number of rotatable bonds is 2. The Morgan fingerprint density at radius 2 is 2.17 bits per heavy atom. The number of fused-ring (bicyclic) bond motifs is 1. The Morgan fingerprint density at radius 1 is 1.50 bits per heavy atom. The maximum Gasteiger partial charge on any atom is 0.308 e. The number of H-pyrrole nitrogens is 1. The maximum atomic E-state index is 12.0. The number of hydrogen-bond donors (Lipinski definition) is 2. The molecule has 0 radical (unpaired) electrons. The van der Waals surface area contributed by atoms with Gasteiger partial charge in [0.05, 0.1) is 6.42 Å². The summed E-state index contributed by atoms with van der Waals surface area (Å²) >= 11 is 0. The minimum absolute atomic E-state index is 0.140. The Morgan fingerprint density at radius 3 is 2.72 bits per heavy atom. The van der Waals surface area contributed by atoms with Crippen LogP contribution in [-0.4, -0.2) is 25.7 Å². The summed E-state index contributed by atoms with van der Waals surface area (Å²) in [5, 5.41) is 11.5. The molecule has 2 rings (SSSR count). The molecule has 0 atom stereocenters. The van der Waals surface area contributed by atoms with E-state index in [2.05, 4.69) is 10.1 Å². The van der Waals surface area contributed by atoms with Gasteiger partial charge < -0.3 is 5.11 Å². The number of carbonyl (C=O) groups is 1. The van der Waals surface area contributed by atoms with Crippen molar-refractivity contribution in [3.8, 4) is 0 Å². The first-order chi connectivity index (χ1) is 8.30. The fraction of sp³-hybridized carbons (Fsp3) is 0.417. The Hall–Kier alpha value is -2.11. The van der Waals surface area contributed by atoms with Crippen LogP contribution in [-0.2, 0) is 16.6 Å². The number of hydrogen-bond acceptors (Lipinski definition) is 3. The Labute approximate surface area is 103 Å². The number of nitrogens with one attached hydrogen (secondary N) is 1. The van der Waals surface area contributed by atoms with Gasteiger partial charge in [0.15, 0.2) is 5.65 Å². The highest BCUT2D eigenvalue weighted by molar-refractivity contribution is 5.70. The molecule has 0 unspecified atom stereocenters. The first kappa shape index (κ1) is 12.3. The summed E-state index contributed by atoms with van der Waals surface area (Å²) in [6.45, 7) is 6.06. The minimum Gasteiger partial charge on any atom is -0.481 e. The summed E-state index contributed by atoms with van der Waals surface area (Å²) in [5.41, 5.74) is 1.13. The van der Waals surface area contributed by atoms with Gasteiger partial charge in [-0.15, -0.1) is 0 Å². The van der Waals surface area contributed by atoms with Crippen LogP contribution in [0.5, 0.6) is 0 Å². The van der Waals surface area contributed by atoms with Crippen molar-refractivity contribution < 1.29 is 9.90 Å². The highest BCUT2D eigenvalue weighted by atomic mass is 16.4. The van der Waals surface area contributed by atoms with Crippen LogP contribution in [0.1, 0.15) is 31.9 Å². The standard InChI is InChI=1S/C12H15N3O3/c1-12(2,3)8-6-14-15-10(8)13-5-7(11(15)18)4-9(16)17/h5-6,14H,4H2,1-3H3,(H,16,17). The largest absolute Gasteiger partial charge is 0.481 e. The van der Waals surface area contributed by atoms with Crippen molar-refractivity contribution >= 4 is 11.6 Å². The van der Waals surface area contributed by atoms with E-state index < -0.39 is 5.97 Å². The molecule has 0 aliphatic rings. The molecule has 6 nitrogen and oxygen atoms in total. The second-order valence-electron chi connectivity index (χ2n) is 5.26. The molecule has 0 spiro atoms. The molecule has 2 aromatic rings. The molecule has 2 N–H and O–H groups in total. The highest BCUT2D eigenvalue weighted by Gasteiger charge is 2.21. The second kappa shape index (κ2) is 3.97. The van der Waals surface area contributed by atoms with Crippen molar-refractivity contribution in [1.82, 2.24) is 14.6 Å². The molecule has 2 heterocycles. The molecule has 18 heavy (non-hydrogen) atoms. The lowest BCUT2D eigenvalue weighted by Gasteiger charge is -2.15. The first-order valence-electron chi connectivity index (χ1n) is 5.61. The summed E-state index contributed by atoms with van der Waals surface area (Å²) in [4.78, 5) is 26.9. The van der Waals surface area contributed by atoms with E-state index in [1.54, 1.807) is 6.20 Å². The zero-order valence-electron chi connectivity index (χ0n) is 10.5. The van der Waals surface area contributed by atoms with E-state index in [0.29, 0.717) is 5.65 Å². The van der Waals surface area contributed by atoms with Crippen LogP contribution in [0.2, 0.25) is 0 Å². The summed E-state index contributed by atoms with van der Waals surface area (Å²) in [6, 6.07) is 0. The summed E-state index contributed by atoms with van der Waals surface area (Å²) in [6.07, 6.45) is 2.75. The number of nitrogens with zero attached hydrogens (tertiary/aromatic N) is 2. The molecule has 0 fully saturated rings. The van der Waals surface area contributed by atoms with Crippen LogP contribution in [0, 0.1) is 0 Å². The second-order valence-corrected chi connectivity index (χ2v) is 5.26. The van der Waals surface area contributed by atoms with E-state index >= 15 is 0 Å². The van der Waals surface area contributed by atoms with Gasteiger partial charge in [-0.25, -0.2) is 9.50 Å². The molecule has 0 bridgehead atoms. The van der Waals surface area contributed by atoms with Gasteiger partial charge in [-0.05, 0) is 5.41 Å². The van der Waals surface area contributed by atoms with Gasteiger partial charge in [-0.1, -0.05) is 20.8 Å². The van der Waals surface area contributed by atoms with Gasteiger partial charge in [0, 0.05) is 23.5 Å². The number of carboxylic acid groups (broad SMARTS) is 1. The van der Waals surface area contributed by atoms with Crippen LogP contribution < -0.4 is 5.56 Å². The summed E-state index contributed by atoms with van der Waals surface area (Å²) in [7, 11) is 0. The van der Waals surface area contributed by atoms with Gasteiger partial charge in [-0.2, -0.15) is 0 Å². The predicted octanol–water partition coefficient (Wildman–Crippen LogP) is 0.947. The van der Waals surface area contributed by atoms with Crippen molar-refractivity contribution in [2.75, 3.05) is 0 Å². The maximum absolute atomic E-state index is 12.0. The molecule has 96 valence electrons. The number of carboxylic acids is 1. The van der Waals surface area contributed by atoms with Gasteiger partial charge in [-0.3, -0.25) is 14.7 Å². The Kier molecular flexibility index (Phi) is 2.73. The molecule has 0 aromatic carbocycles. The van der Waals surface area contributed by atoms with Gasteiger partial charge in [0.25, 0.3) is 5.56 Å². The molecule has 0 aliphatic carbocycles. The molecule has 0 saturated carbocycles. The lowest BCUT2D eigenvalue weighted by molar-refractivity contribution is -0.136. The zero-order valence-corrected chi connectivity index (χ0v) is 10.5. The molecule has 0 amide bonds. The highest BCUT2D eigenvalue weighted by Crippen LogP contribution is 2.24. The number of aliphatic carboxylic acids is 1. The molecule has 2 aromatic heterocycles. The fourth-order valence-corrected chi connectivity index (χ4v) is 1.83. The first-order valence-corrected chi connectivity index (χ1v) is 5.61. The zero-order chi connectivity index (χ0) is 13.5. The Balaban J connectivity index is 2.65. The van der Waals surface area contributed by atoms with Crippen molar-refractivity contribution in [2.45, 2.75) is 32.6 Å². The SMILES string of the molecule is CC(C)(C)c1c[nH]n2c(=O)c(CC(=O)O)cnc12. The van der Waals surface area contributed by atoms with Gasteiger partial charge in [0.2, 0.25) is 0 Å². The van der Waals surface area contributed by atoms with Crippen LogP contribution in [0.25, 0.3) is 5.65 Å². The van der Waals surface area contributed by atoms with Gasteiger partial charge in [0.1, 0.15) is 0 Å². The van der Waals surface area contributed by atoms with Crippen LogP contribution in [0.4, 0.5) is 0 Å². The quantitative estimate of drug-likeness (QED) is 0.829. The van der Waals surface area contributed by atoms with E-state index in [9.17, 15) is 9.59 Å². The van der Waals surface area contributed by atoms with Crippen LogP contribution in [0.3, 0.4) is 0 Å². The van der Waals surface area contributed by atoms with Crippen molar-refractivity contribution in [3.05, 3.63) is 33.9 Å². The molecular weight excluding hydrogens is 234 g/mol.